The van der Waals surface area contributed by atoms with Crippen molar-refractivity contribution in [1.82, 2.24) is 25.3 Å². The van der Waals surface area contributed by atoms with E-state index < -0.39 is 48.2 Å². The van der Waals surface area contributed by atoms with Gasteiger partial charge in [-0.1, -0.05) is 85.2 Å². The molecule has 2 rings (SSSR count). The molecule has 1 aromatic carbocycles. The van der Waals surface area contributed by atoms with E-state index in [1.54, 1.807) is 30.9 Å². The standard InChI is InChI=1S/C40H68N6O7/c1-13-26(6)35(45(10)40(51)33(24(2)3)43-39(50)34(25(4)5)44(8)9)31(52-11)23-32(47)46-21-17-20-30(46)36(53-12)27(7)38(49)42-29(37(41)48)22-28-18-15-14-16-19-28/h14-16,18-19,24-27,29-31,33-36H,13,17,20-23H2,1-12H3,(H2,41,48)(H,42,49)(H,43,50)/t26-,27+,29-,30-,31+,33-,34-,35-,36+/m0/s1. The second kappa shape index (κ2) is 21.4. The Kier molecular flexibility index (Phi) is 18.4. The maximum Gasteiger partial charge on any atom is 0.245 e. The first kappa shape index (κ1) is 45.6. The van der Waals surface area contributed by atoms with Crippen LogP contribution in [0.1, 0.15) is 79.7 Å². The highest BCUT2D eigenvalue weighted by Gasteiger charge is 2.43. The Labute approximate surface area is 318 Å². The van der Waals surface area contributed by atoms with Crippen molar-refractivity contribution in [3.05, 3.63) is 35.9 Å². The third kappa shape index (κ3) is 12.2. The van der Waals surface area contributed by atoms with Gasteiger partial charge in [0.25, 0.3) is 0 Å². The minimum absolute atomic E-state index is 0.00617. The summed E-state index contributed by atoms with van der Waals surface area (Å²) in [6.45, 7) is 14.0. The Bertz CT molecular complexity index is 1330. The molecule has 1 aliphatic rings. The van der Waals surface area contributed by atoms with Gasteiger partial charge in [0.05, 0.1) is 42.7 Å². The molecule has 0 saturated carbocycles. The minimum Gasteiger partial charge on any atom is -0.379 e. The molecular weight excluding hydrogens is 676 g/mol. The topological polar surface area (TPSA) is 164 Å². The molecule has 0 aliphatic carbocycles. The van der Waals surface area contributed by atoms with Crippen molar-refractivity contribution in [2.45, 2.75) is 123 Å². The molecular formula is C40H68N6O7. The number of hydrogen-bond acceptors (Lipinski definition) is 8. The van der Waals surface area contributed by atoms with Crippen LogP contribution in [-0.4, -0.2) is 129 Å². The van der Waals surface area contributed by atoms with Gasteiger partial charge in [-0.15, -0.1) is 0 Å². The highest BCUT2D eigenvalue weighted by Crippen LogP contribution is 2.30. The second-order valence-electron chi connectivity index (χ2n) is 15.6. The highest BCUT2D eigenvalue weighted by molar-refractivity contribution is 5.90. The molecule has 1 heterocycles. The van der Waals surface area contributed by atoms with Crippen LogP contribution in [0, 0.1) is 23.7 Å². The van der Waals surface area contributed by atoms with Crippen LogP contribution in [0.25, 0.3) is 0 Å². The summed E-state index contributed by atoms with van der Waals surface area (Å²) in [4.78, 5) is 72.9. The van der Waals surface area contributed by atoms with Crippen LogP contribution in [0.4, 0.5) is 0 Å². The number of likely N-dealkylation sites (tertiary alicyclic amines) is 1. The Hall–Kier alpha value is -3.55. The molecule has 1 aromatic rings. The number of ether oxygens (including phenoxy) is 2. The molecule has 5 amide bonds. The number of methoxy groups -OCH3 is 2. The molecule has 1 aliphatic heterocycles. The molecule has 0 aromatic heterocycles. The van der Waals surface area contributed by atoms with Crippen LogP contribution in [0.5, 0.6) is 0 Å². The number of nitrogens with two attached hydrogens (primary N) is 1. The zero-order valence-corrected chi connectivity index (χ0v) is 34.3. The van der Waals surface area contributed by atoms with Gasteiger partial charge in [-0.2, -0.15) is 0 Å². The molecule has 0 unspecified atom stereocenters. The lowest BCUT2D eigenvalue weighted by Gasteiger charge is -2.41. The number of benzene rings is 1. The number of primary amides is 1. The molecule has 13 nitrogen and oxygen atoms in total. The van der Waals surface area contributed by atoms with Crippen LogP contribution in [0.3, 0.4) is 0 Å². The van der Waals surface area contributed by atoms with E-state index in [1.807, 2.05) is 90.9 Å². The molecule has 4 N–H and O–H groups in total. The van der Waals surface area contributed by atoms with Gasteiger partial charge in [0.2, 0.25) is 29.5 Å². The zero-order chi connectivity index (χ0) is 40.2. The summed E-state index contributed by atoms with van der Waals surface area (Å²) in [6, 6.07) is 6.40. The highest BCUT2D eigenvalue weighted by atomic mass is 16.5. The average Bonchev–Trinajstić information content (AvgIpc) is 3.59. The summed E-state index contributed by atoms with van der Waals surface area (Å²) in [7, 11) is 8.50. The first-order valence-corrected chi connectivity index (χ1v) is 19.1. The van der Waals surface area contributed by atoms with Gasteiger partial charge in [-0.25, -0.2) is 0 Å². The van der Waals surface area contributed by atoms with Gasteiger partial charge in [-0.3, -0.25) is 28.9 Å². The summed E-state index contributed by atoms with van der Waals surface area (Å²) in [5.41, 5.74) is 6.54. The van der Waals surface area contributed by atoms with Crippen LogP contribution in [0.15, 0.2) is 30.3 Å². The molecule has 0 radical (unpaired) electrons. The van der Waals surface area contributed by atoms with E-state index in [4.69, 9.17) is 15.2 Å². The number of likely N-dealkylation sites (N-methyl/N-ethyl adjacent to an activating group) is 2. The molecule has 1 saturated heterocycles. The maximum atomic E-state index is 14.2. The molecule has 9 atom stereocenters. The van der Waals surface area contributed by atoms with Crippen molar-refractivity contribution in [2.75, 3.05) is 41.9 Å². The van der Waals surface area contributed by atoms with E-state index in [9.17, 15) is 24.0 Å². The first-order valence-electron chi connectivity index (χ1n) is 19.1. The molecule has 1 fully saturated rings. The molecule has 0 spiro atoms. The van der Waals surface area contributed by atoms with Crippen LogP contribution < -0.4 is 16.4 Å². The summed E-state index contributed by atoms with van der Waals surface area (Å²) in [6.07, 6.45) is 1.07. The maximum absolute atomic E-state index is 14.2. The fourth-order valence-corrected chi connectivity index (χ4v) is 7.79. The zero-order valence-electron chi connectivity index (χ0n) is 34.3. The third-order valence-corrected chi connectivity index (χ3v) is 10.9. The number of carbonyl (C=O) groups excluding carboxylic acids is 5. The van der Waals surface area contributed by atoms with Crippen molar-refractivity contribution in [3.63, 3.8) is 0 Å². The van der Waals surface area contributed by atoms with E-state index in [0.717, 1.165) is 18.4 Å². The number of amides is 5. The SMILES string of the molecule is CC[C@H](C)[C@@H]([C@@H](CC(=O)N1CCC[C@H]1[C@H](OC)[C@@H](C)C(=O)N[C@@H](Cc1ccccc1)C(N)=O)OC)N(C)C(=O)[C@@H](NC(=O)[C@H](C(C)C)N(C)C)C(C)C. The first-order chi connectivity index (χ1) is 24.9. The van der Waals surface area contributed by atoms with Gasteiger partial charge in [0.1, 0.15) is 12.1 Å². The van der Waals surface area contributed by atoms with Crippen molar-refractivity contribution < 1.29 is 33.4 Å². The fourth-order valence-electron chi connectivity index (χ4n) is 7.79. The fraction of sp³-hybridized carbons (Fsp3) is 0.725. The summed E-state index contributed by atoms with van der Waals surface area (Å²) >= 11 is 0. The number of carbonyl (C=O) groups is 5. The molecule has 53 heavy (non-hydrogen) atoms. The van der Waals surface area contributed by atoms with Gasteiger partial charge >= 0.3 is 0 Å². The lowest BCUT2D eigenvalue weighted by Crippen LogP contribution is -2.59. The number of nitrogens with zero attached hydrogens (tertiary/aromatic N) is 3. The smallest absolute Gasteiger partial charge is 0.245 e. The molecule has 300 valence electrons. The third-order valence-electron chi connectivity index (χ3n) is 10.9. The van der Waals surface area contributed by atoms with E-state index in [2.05, 4.69) is 10.6 Å². The van der Waals surface area contributed by atoms with Crippen molar-refractivity contribution >= 4 is 29.5 Å². The number of hydrogen-bond donors (Lipinski definition) is 3. The van der Waals surface area contributed by atoms with Crippen molar-refractivity contribution in [3.8, 4) is 0 Å². The summed E-state index contributed by atoms with van der Waals surface area (Å²) < 4.78 is 11.9. The second-order valence-corrected chi connectivity index (χ2v) is 15.6. The average molecular weight is 745 g/mol. The van der Waals surface area contributed by atoms with Gasteiger partial charge in [-0.05, 0) is 50.3 Å². The summed E-state index contributed by atoms with van der Waals surface area (Å²) in [5, 5.41) is 5.84. The quantitative estimate of drug-likeness (QED) is 0.173. The Balaban J connectivity index is 2.27. The van der Waals surface area contributed by atoms with E-state index in [-0.39, 0.29) is 60.3 Å². The van der Waals surface area contributed by atoms with Crippen LogP contribution in [-0.2, 0) is 39.9 Å². The van der Waals surface area contributed by atoms with E-state index in [1.165, 1.54) is 7.11 Å². The van der Waals surface area contributed by atoms with Gasteiger partial charge in [0.15, 0.2) is 0 Å². The van der Waals surface area contributed by atoms with E-state index >= 15 is 0 Å². The molecule has 0 bridgehead atoms. The van der Waals surface area contributed by atoms with Gasteiger partial charge < -0.3 is 35.6 Å². The number of rotatable bonds is 21. The Morgan fingerprint density at radius 2 is 1.53 bits per heavy atom. The van der Waals surface area contributed by atoms with Gasteiger partial charge in [0, 0.05) is 34.2 Å². The Morgan fingerprint density at radius 3 is 2.02 bits per heavy atom. The van der Waals surface area contributed by atoms with Crippen LogP contribution in [0.2, 0.25) is 0 Å². The summed E-state index contributed by atoms with van der Waals surface area (Å²) in [5.74, 6) is -2.51. The monoisotopic (exact) mass is 745 g/mol. The predicted octanol–water partition coefficient (Wildman–Crippen LogP) is 2.85. The number of nitrogens with one attached hydrogen (secondary N) is 2. The van der Waals surface area contributed by atoms with E-state index in [0.29, 0.717) is 13.0 Å². The lowest BCUT2D eigenvalue weighted by atomic mass is 9.89. The predicted molar refractivity (Wildman–Crippen MR) is 206 cm³/mol. The lowest BCUT2D eigenvalue weighted by molar-refractivity contribution is -0.148. The molecule has 13 heteroatoms. The Morgan fingerprint density at radius 1 is 0.906 bits per heavy atom. The largest absolute Gasteiger partial charge is 0.379 e. The van der Waals surface area contributed by atoms with Crippen molar-refractivity contribution in [2.24, 2.45) is 29.4 Å². The van der Waals surface area contributed by atoms with Crippen LogP contribution >= 0.6 is 0 Å². The minimum atomic E-state index is -0.904. The normalized spacial score (nSPS) is 19.2. The van der Waals surface area contributed by atoms with Crippen molar-refractivity contribution in [1.29, 1.82) is 0 Å².